The molecule has 1 fully saturated rings. The molecule has 162 valence electrons. The molecule has 0 aliphatic carbocycles. The fourth-order valence-corrected chi connectivity index (χ4v) is 4.63. The molecule has 2 aromatic rings. The molecule has 0 radical (unpaired) electrons. The van der Waals surface area contributed by atoms with Gasteiger partial charge in [-0.05, 0) is 45.9 Å². The number of amidine groups is 1. The summed E-state index contributed by atoms with van der Waals surface area (Å²) in [6, 6.07) is 13.4. The molecule has 30 heavy (non-hydrogen) atoms. The van der Waals surface area contributed by atoms with Gasteiger partial charge >= 0.3 is 0 Å². The standard InChI is InChI=1S/C27H39N3/c1-17(2)21-11-9-12-22(18(3)4)26(21)29-15-25(28)30(16-29)27-23(19(5)6)13-10-14-24(27)20(7)8/h9-14,17-20,28H,15-16H2,1-8H3. The molecular weight excluding hydrogens is 366 g/mol. The normalized spacial score (nSPS) is 14.9. The smallest absolute Gasteiger partial charge is 0.122 e. The van der Waals surface area contributed by atoms with Crippen molar-refractivity contribution in [2.75, 3.05) is 23.0 Å². The van der Waals surface area contributed by atoms with Crippen molar-refractivity contribution < 1.29 is 0 Å². The molecule has 0 saturated carbocycles. The van der Waals surface area contributed by atoms with E-state index in [1.54, 1.807) is 0 Å². The van der Waals surface area contributed by atoms with Gasteiger partial charge < -0.3 is 9.80 Å². The Morgan fingerprint density at radius 1 is 0.633 bits per heavy atom. The number of nitrogens with one attached hydrogen (secondary N) is 1. The summed E-state index contributed by atoms with van der Waals surface area (Å²) < 4.78 is 0. The van der Waals surface area contributed by atoms with Crippen molar-refractivity contribution in [3.05, 3.63) is 58.7 Å². The SMILES string of the molecule is CC(C)c1cccc(C(C)C)c1N1CC(=N)N(c2c(C(C)C)cccc2C(C)C)C1. The zero-order valence-electron chi connectivity index (χ0n) is 20.1. The minimum atomic E-state index is 0.426. The third-order valence-electron chi connectivity index (χ3n) is 6.25. The first kappa shape index (κ1) is 22.4. The van der Waals surface area contributed by atoms with Crippen molar-refractivity contribution in [2.45, 2.75) is 79.1 Å². The number of hydrogen-bond acceptors (Lipinski definition) is 2. The molecule has 3 rings (SSSR count). The van der Waals surface area contributed by atoms with Crippen LogP contribution >= 0.6 is 0 Å². The van der Waals surface area contributed by atoms with Gasteiger partial charge in [0.25, 0.3) is 0 Å². The van der Waals surface area contributed by atoms with Crippen LogP contribution in [0.25, 0.3) is 0 Å². The van der Waals surface area contributed by atoms with Gasteiger partial charge in [0.05, 0.1) is 18.9 Å². The van der Waals surface area contributed by atoms with Crippen molar-refractivity contribution in [1.29, 1.82) is 5.41 Å². The van der Waals surface area contributed by atoms with Crippen molar-refractivity contribution in [1.82, 2.24) is 0 Å². The van der Waals surface area contributed by atoms with Gasteiger partial charge in [0, 0.05) is 5.69 Å². The van der Waals surface area contributed by atoms with Crippen LogP contribution in [0, 0.1) is 5.41 Å². The van der Waals surface area contributed by atoms with Gasteiger partial charge in [0.1, 0.15) is 5.84 Å². The highest BCUT2D eigenvalue weighted by Gasteiger charge is 2.32. The lowest BCUT2D eigenvalue weighted by molar-refractivity contribution is 0.800. The molecule has 1 aliphatic rings. The second-order valence-electron chi connectivity index (χ2n) is 9.90. The molecule has 2 aromatic carbocycles. The van der Waals surface area contributed by atoms with E-state index in [4.69, 9.17) is 5.41 Å². The second-order valence-corrected chi connectivity index (χ2v) is 9.90. The van der Waals surface area contributed by atoms with Gasteiger partial charge in [-0.2, -0.15) is 0 Å². The van der Waals surface area contributed by atoms with E-state index in [0.717, 1.165) is 6.67 Å². The Morgan fingerprint density at radius 3 is 1.37 bits per heavy atom. The van der Waals surface area contributed by atoms with Crippen LogP contribution in [0.2, 0.25) is 0 Å². The lowest BCUT2D eigenvalue weighted by atomic mass is 9.92. The van der Waals surface area contributed by atoms with Gasteiger partial charge in [0.15, 0.2) is 0 Å². The molecule has 0 bridgehead atoms. The van der Waals surface area contributed by atoms with E-state index in [1.807, 2.05) is 0 Å². The second kappa shape index (κ2) is 8.83. The average Bonchev–Trinajstić information content (AvgIpc) is 3.07. The van der Waals surface area contributed by atoms with E-state index in [9.17, 15) is 0 Å². The molecule has 0 amide bonds. The van der Waals surface area contributed by atoms with Gasteiger partial charge in [0.2, 0.25) is 0 Å². The monoisotopic (exact) mass is 405 g/mol. The Labute approximate surface area is 183 Å². The first-order valence-electron chi connectivity index (χ1n) is 11.5. The Balaban J connectivity index is 2.10. The van der Waals surface area contributed by atoms with Crippen molar-refractivity contribution >= 4 is 17.2 Å². The van der Waals surface area contributed by atoms with E-state index >= 15 is 0 Å². The number of benzene rings is 2. The highest BCUT2D eigenvalue weighted by molar-refractivity contribution is 6.03. The summed E-state index contributed by atoms with van der Waals surface area (Å²) >= 11 is 0. The lowest BCUT2D eigenvalue weighted by Gasteiger charge is -2.30. The van der Waals surface area contributed by atoms with Gasteiger partial charge in [-0.3, -0.25) is 5.41 Å². The van der Waals surface area contributed by atoms with Crippen LogP contribution in [0.4, 0.5) is 11.4 Å². The predicted molar refractivity (Wildman–Crippen MR) is 132 cm³/mol. The van der Waals surface area contributed by atoms with Gasteiger partial charge in [-0.25, -0.2) is 0 Å². The molecular formula is C27H39N3. The Hall–Kier alpha value is -2.29. The summed E-state index contributed by atoms with van der Waals surface area (Å²) in [5.74, 6) is 2.45. The number of anilines is 2. The summed E-state index contributed by atoms with van der Waals surface area (Å²) in [7, 11) is 0. The average molecular weight is 406 g/mol. The molecule has 0 atom stereocenters. The maximum atomic E-state index is 8.94. The molecule has 3 heteroatoms. The minimum Gasteiger partial charge on any atom is -0.345 e. The molecule has 0 unspecified atom stereocenters. The highest BCUT2D eigenvalue weighted by atomic mass is 15.4. The molecule has 3 nitrogen and oxygen atoms in total. The van der Waals surface area contributed by atoms with E-state index < -0.39 is 0 Å². The molecule has 1 N–H and O–H groups in total. The highest BCUT2D eigenvalue weighted by Crippen LogP contribution is 2.40. The third-order valence-corrected chi connectivity index (χ3v) is 6.25. The molecule has 0 spiro atoms. The zero-order chi connectivity index (χ0) is 22.2. The number of para-hydroxylation sites is 2. The quantitative estimate of drug-likeness (QED) is 0.541. The van der Waals surface area contributed by atoms with E-state index in [0.29, 0.717) is 36.1 Å². The maximum absolute atomic E-state index is 8.94. The topological polar surface area (TPSA) is 30.3 Å². The van der Waals surface area contributed by atoms with Crippen LogP contribution < -0.4 is 9.80 Å². The van der Waals surface area contributed by atoms with Gasteiger partial charge in [-0.1, -0.05) is 91.8 Å². The maximum Gasteiger partial charge on any atom is 0.122 e. The molecule has 1 aliphatic heterocycles. The summed E-state index contributed by atoms with van der Waals surface area (Å²) in [4.78, 5) is 4.68. The van der Waals surface area contributed by atoms with Crippen LogP contribution in [-0.4, -0.2) is 19.0 Å². The summed E-state index contributed by atoms with van der Waals surface area (Å²) in [5.41, 5.74) is 8.04. The number of rotatable bonds is 6. The third kappa shape index (κ3) is 4.12. The summed E-state index contributed by atoms with van der Waals surface area (Å²) in [6.45, 7) is 19.5. The van der Waals surface area contributed by atoms with Crippen LogP contribution in [0.5, 0.6) is 0 Å². The number of hydrogen-bond donors (Lipinski definition) is 1. The van der Waals surface area contributed by atoms with Crippen molar-refractivity contribution in [3.63, 3.8) is 0 Å². The van der Waals surface area contributed by atoms with Crippen LogP contribution in [0.3, 0.4) is 0 Å². The summed E-state index contributed by atoms with van der Waals surface area (Å²) in [5, 5.41) is 8.94. The van der Waals surface area contributed by atoms with E-state index in [2.05, 4.69) is 102 Å². The van der Waals surface area contributed by atoms with E-state index in [1.165, 1.54) is 33.6 Å². The lowest BCUT2D eigenvalue weighted by Crippen LogP contribution is -2.29. The van der Waals surface area contributed by atoms with Crippen LogP contribution in [-0.2, 0) is 0 Å². The van der Waals surface area contributed by atoms with Crippen molar-refractivity contribution in [3.8, 4) is 0 Å². The first-order valence-corrected chi connectivity index (χ1v) is 11.5. The number of nitrogens with zero attached hydrogens (tertiary/aromatic N) is 2. The first-order chi connectivity index (χ1) is 14.1. The zero-order valence-corrected chi connectivity index (χ0v) is 20.1. The Kier molecular flexibility index (Phi) is 6.59. The minimum absolute atomic E-state index is 0.426. The predicted octanol–water partition coefficient (Wildman–Crippen LogP) is 7.44. The molecule has 0 aromatic heterocycles. The largest absolute Gasteiger partial charge is 0.345 e. The van der Waals surface area contributed by atoms with Crippen LogP contribution in [0.15, 0.2) is 36.4 Å². The summed E-state index contributed by atoms with van der Waals surface area (Å²) in [6.07, 6.45) is 0. The van der Waals surface area contributed by atoms with Crippen LogP contribution in [0.1, 0.15) is 101 Å². The van der Waals surface area contributed by atoms with E-state index in [-0.39, 0.29) is 0 Å². The Morgan fingerprint density at radius 2 is 1.00 bits per heavy atom. The van der Waals surface area contributed by atoms with Crippen molar-refractivity contribution in [2.24, 2.45) is 0 Å². The molecule has 1 heterocycles. The van der Waals surface area contributed by atoms with Gasteiger partial charge in [-0.15, -0.1) is 0 Å². The Bertz CT molecular complexity index is 856. The fourth-order valence-electron chi connectivity index (χ4n) is 4.63. The fraction of sp³-hybridized carbons (Fsp3) is 0.519. The molecule has 1 saturated heterocycles.